The maximum absolute atomic E-state index is 13.0. The van der Waals surface area contributed by atoms with Crippen molar-refractivity contribution in [2.75, 3.05) is 43.7 Å². The molecule has 2 aromatic heterocycles. The minimum absolute atomic E-state index is 0.230. The van der Waals surface area contributed by atoms with E-state index >= 15 is 0 Å². The molecule has 3 aromatic rings. The van der Waals surface area contributed by atoms with Crippen LogP contribution in [0.5, 0.6) is 5.88 Å². The summed E-state index contributed by atoms with van der Waals surface area (Å²) in [6.45, 7) is 0.545. The number of methoxy groups -OCH3 is 1. The van der Waals surface area contributed by atoms with Crippen molar-refractivity contribution in [2.24, 2.45) is 0 Å². The molecule has 0 unspecified atom stereocenters. The Kier molecular flexibility index (Phi) is 6.21. The lowest BCUT2D eigenvalue weighted by Gasteiger charge is -2.20. The molecule has 1 aliphatic rings. The molecule has 3 N–H and O–H groups in total. The molecule has 9 nitrogen and oxygen atoms in total. The minimum Gasteiger partial charge on any atom is -0.481 e. The van der Waals surface area contributed by atoms with E-state index in [1.54, 1.807) is 44.8 Å². The molecule has 0 radical (unpaired) electrons. The van der Waals surface area contributed by atoms with Crippen LogP contribution in [0.1, 0.15) is 5.56 Å². The van der Waals surface area contributed by atoms with E-state index in [2.05, 4.69) is 25.9 Å². The Hall–Kier alpha value is -4.40. The van der Waals surface area contributed by atoms with Gasteiger partial charge in [-0.3, -0.25) is 9.78 Å². The number of pyridine rings is 2. The van der Waals surface area contributed by atoms with E-state index in [1.165, 1.54) is 12.0 Å². The Morgan fingerprint density at radius 2 is 1.85 bits per heavy atom. The fourth-order valence-corrected chi connectivity index (χ4v) is 3.36. The summed E-state index contributed by atoms with van der Waals surface area (Å²) < 4.78 is 5.06. The van der Waals surface area contributed by atoms with Crippen LogP contribution in [0, 0.1) is 0 Å². The first-order chi connectivity index (χ1) is 15.9. The first-order valence-corrected chi connectivity index (χ1v) is 10.3. The average Bonchev–Trinajstić information content (AvgIpc) is 2.83. The van der Waals surface area contributed by atoms with Crippen LogP contribution in [0.25, 0.3) is 16.7 Å². The Morgan fingerprint density at radius 1 is 1.00 bits per heavy atom. The van der Waals surface area contributed by atoms with Gasteiger partial charge >= 0.3 is 6.03 Å². The molecule has 0 aliphatic carbocycles. The van der Waals surface area contributed by atoms with Crippen LogP contribution in [0.15, 0.2) is 61.1 Å². The number of fused-ring (bicyclic) bond motifs is 1. The number of benzene rings is 1. The monoisotopic (exact) mass is 444 g/mol. The SMILES string of the molecule is COc1ccc(NC(=O)C2=CCNc3ccc(-c4cncc(NC(=O)N(C)C)c4)cc32)cn1. The first kappa shape index (κ1) is 21.8. The van der Waals surface area contributed by atoms with Gasteiger partial charge < -0.3 is 25.6 Å². The summed E-state index contributed by atoms with van der Waals surface area (Å²) in [6.07, 6.45) is 6.71. The summed E-state index contributed by atoms with van der Waals surface area (Å²) in [7, 11) is 4.88. The zero-order valence-electron chi connectivity index (χ0n) is 18.5. The fourth-order valence-electron chi connectivity index (χ4n) is 3.36. The number of aromatic nitrogens is 2. The molecule has 0 saturated heterocycles. The molecule has 0 fully saturated rings. The van der Waals surface area contributed by atoms with Crippen molar-refractivity contribution in [1.29, 1.82) is 0 Å². The van der Waals surface area contributed by atoms with Crippen LogP contribution >= 0.6 is 0 Å². The zero-order chi connectivity index (χ0) is 23.4. The van der Waals surface area contributed by atoms with Crippen LogP contribution in [-0.2, 0) is 4.79 Å². The van der Waals surface area contributed by atoms with Gasteiger partial charge in [0.25, 0.3) is 5.91 Å². The van der Waals surface area contributed by atoms with E-state index in [1.807, 2.05) is 30.3 Å². The standard InChI is InChI=1S/C24H24N6O3/c1-30(2)24(32)29-18-10-16(12-25-13-18)15-4-6-21-20(11-15)19(8-9-26-21)23(31)28-17-5-7-22(33-3)27-14-17/h4-8,10-14,26H,9H2,1-3H3,(H,28,31)(H,29,32). The molecule has 0 spiro atoms. The van der Waals surface area contributed by atoms with Gasteiger partial charge in [-0.15, -0.1) is 0 Å². The van der Waals surface area contributed by atoms with Crippen LogP contribution in [0.3, 0.4) is 0 Å². The van der Waals surface area contributed by atoms with Crippen molar-refractivity contribution in [1.82, 2.24) is 14.9 Å². The Bertz CT molecular complexity index is 1220. The van der Waals surface area contributed by atoms with Crippen molar-refractivity contribution >= 4 is 34.6 Å². The second-order valence-electron chi connectivity index (χ2n) is 7.59. The molecule has 9 heteroatoms. The number of anilines is 3. The van der Waals surface area contributed by atoms with Crippen molar-refractivity contribution in [3.8, 4) is 17.0 Å². The largest absolute Gasteiger partial charge is 0.481 e. The highest BCUT2D eigenvalue weighted by atomic mass is 16.5. The Balaban J connectivity index is 1.59. The van der Waals surface area contributed by atoms with E-state index in [-0.39, 0.29) is 11.9 Å². The lowest BCUT2D eigenvalue weighted by Crippen LogP contribution is -2.27. The van der Waals surface area contributed by atoms with Crippen LogP contribution < -0.4 is 20.7 Å². The van der Waals surface area contributed by atoms with Gasteiger partial charge in [0.1, 0.15) is 0 Å². The normalized spacial score (nSPS) is 12.0. The predicted octanol–water partition coefficient (Wildman–Crippen LogP) is 3.69. The van der Waals surface area contributed by atoms with Crippen LogP contribution in [0.4, 0.5) is 21.9 Å². The maximum atomic E-state index is 13.0. The molecule has 0 atom stereocenters. The van der Waals surface area contributed by atoms with Crippen molar-refractivity contribution < 1.29 is 14.3 Å². The van der Waals surface area contributed by atoms with Gasteiger partial charge in [-0.2, -0.15) is 0 Å². The number of hydrogen-bond acceptors (Lipinski definition) is 6. The van der Waals surface area contributed by atoms with Gasteiger partial charge in [0.15, 0.2) is 0 Å². The number of nitrogens with one attached hydrogen (secondary N) is 3. The highest BCUT2D eigenvalue weighted by molar-refractivity contribution is 6.27. The molecule has 0 saturated carbocycles. The van der Waals surface area contributed by atoms with Gasteiger partial charge in [0.05, 0.1) is 30.9 Å². The lowest BCUT2D eigenvalue weighted by atomic mass is 9.95. The minimum atomic E-state index is -0.237. The molecular weight excluding hydrogens is 420 g/mol. The van der Waals surface area contributed by atoms with Gasteiger partial charge in [-0.1, -0.05) is 12.1 Å². The van der Waals surface area contributed by atoms with Gasteiger partial charge in [0.2, 0.25) is 5.88 Å². The quantitative estimate of drug-likeness (QED) is 0.554. The van der Waals surface area contributed by atoms with E-state index in [0.29, 0.717) is 29.4 Å². The molecule has 168 valence electrons. The van der Waals surface area contributed by atoms with Gasteiger partial charge in [-0.05, 0) is 29.8 Å². The predicted molar refractivity (Wildman–Crippen MR) is 128 cm³/mol. The zero-order valence-corrected chi connectivity index (χ0v) is 18.5. The number of ether oxygens (including phenoxy) is 1. The lowest BCUT2D eigenvalue weighted by molar-refractivity contribution is -0.111. The van der Waals surface area contributed by atoms with Crippen LogP contribution in [0.2, 0.25) is 0 Å². The Morgan fingerprint density at radius 3 is 2.58 bits per heavy atom. The van der Waals surface area contributed by atoms with E-state index in [0.717, 1.165) is 22.4 Å². The molecule has 1 aromatic carbocycles. The molecule has 0 bridgehead atoms. The topological polar surface area (TPSA) is 108 Å². The summed E-state index contributed by atoms with van der Waals surface area (Å²) in [6, 6.07) is 10.9. The summed E-state index contributed by atoms with van der Waals surface area (Å²) in [5.74, 6) is 0.244. The van der Waals surface area contributed by atoms with E-state index < -0.39 is 0 Å². The number of rotatable bonds is 5. The smallest absolute Gasteiger partial charge is 0.321 e. The number of carbonyl (C=O) groups excluding carboxylic acids is 2. The third-order valence-electron chi connectivity index (χ3n) is 5.09. The van der Waals surface area contributed by atoms with Gasteiger partial charge in [0, 0.05) is 55.3 Å². The Labute approximate surface area is 191 Å². The molecule has 3 heterocycles. The summed E-state index contributed by atoms with van der Waals surface area (Å²) in [5, 5.41) is 8.98. The summed E-state index contributed by atoms with van der Waals surface area (Å²) >= 11 is 0. The number of amides is 3. The summed E-state index contributed by atoms with van der Waals surface area (Å²) in [4.78, 5) is 34.8. The van der Waals surface area contributed by atoms with E-state index in [4.69, 9.17) is 4.74 Å². The molecular formula is C24H24N6O3. The number of nitrogens with zero attached hydrogens (tertiary/aromatic N) is 3. The second-order valence-corrected chi connectivity index (χ2v) is 7.59. The maximum Gasteiger partial charge on any atom is 0.321 e. The molecule has 4 rings (SSSR count). The number of urea groups is 1. The highest BCUT2D eigenvalue weighted by Gasteiger charge is 2.20. The van der Waals surface area contributed by atoms with Gasteiger partial charge in [-0.25, -0.2) is 9.78 Å². The number of hydrogen-bond donors (Lipinski definition) is 3. The van der Waals surface area contributed by atoms with Crippen molar-refractivity contribution in [3.05, 3.63) is 66.6 Å². The molecule has 1 aliphatic heterocycles. The summed E-state index contributed by atoms with van der Waals surface area (Å²) in [5.41, 5.74) is 5.06. The van der Waals surface area contributed by atoms with E-state index in [9.17, 15) is 9.59 Å². The number of carbonyl (C=O) groups is 2. The second kappa shape index (κ2) is 9.39. The molecule has 33 heavy (non-hydrogen) atoms. The molecule has 3 amide bonds. The third-order valence-corrected chi connectivity index (χ3v) is 5.09. The highest BCUT2D eigenvalue weighted by Crippen LogP contribution is 2.33. The fraction of sp³-hybridized carbons (Fsp3) is 0.167. The third kappa shape index (κ3) is 4.93. The van der Waals surface area contributed by atoms with Crippen molar-refractivity contribution in [3.63, 3.8) is 0 Å². The average molecular weight is 444 g/mol. The van der Waals surface area contributed by atoms with Crippen LogP contribution in [-0.4, -0.2) is 54.6 Å². The van der Waals surface area contributed by atoms with Crippen molar-refractivity contribution in [2.45, 2.75) is 0 Å². The first-order valence-electron chi connectivity index (χ1n) is 10.3.